The third-order valence-corrected chi connectivity index (χ3v) is 9.42. The second-order valence-corrected chi connectivity index (χ2v) is 12.5. The summed E-state index contributed by atoms with van der Waals surface area (Å²) in [6, 6.07) is 19.6. The number of nitrogens with one attached hydrogen (secondary N) is 2. The topological polar surface area (TPSA) is 92.3 Å². The van der Waals surface area contributed by atoms with Crippen molar-refractivity contribution in [2.75, 3.05) is 5.32 Å². The number of benzene rings is 3. The van der Waals surface area contributed by atoms with Crippen molar-refractivity contribution in [1.29, 1.82) is 0 Å². The van der Waals surface area contributed by atoms with E-state index in [9.17, 15) is 18.0 Å². The smallest absolute Gasteiger partial charge is 0.255 e. The number of rotatable bonds is 10. The van der Waals surface area contributed by atoms with Crippen LogP contribution >= 0.6 is 0 Å². The Morgan fingerprint density at radius 3 is 1.55 bits per heavy atom. The molecule has 3 aromatic carbocycles. The van der Waals surface area contributed by atoms with Crippen molar-refractivity contribution in [3.8, 4) is 0 Å². The van der Waals surface area contributed by atoms with Gasteiger partial charge in [0.15, 0.2) is 0 Å². The molecule has 202 valence electrons. The van der Waals surface area contributed by atoms with Crippen molar-refractivity contribution in [3.63, 3.8) is 0 Å². The Morgan fingerprint density at radius 2 is 1.11 bits per heavy atom. The first-order valence-corrected chi connectivity index (χ1v) is 14.5. The highest BCUT2D eigenvalue weighted by molar-refractivity contribution is 7.91. The first-order chi connectivity index (χ1) is 17.8. The van der Waals surface area contributed by atoms with E-state index >= 15 is 0 Å². The zero-order valence-corrected chi connectivity index (χ0v) is 23.9. The van der Waals surface area contributed by atoms with Crippen LogP contribution in [0.25, 0.3) is 0 Å². The van der Waals surface area contributed by atoms with E-state index in [1.807, 2.05) is 32.9 Å². The minimum atomic E-state index is -3.69. The predicted octanol–water partition coefficient (Wildman–Crippen LogP) is 6.77. The number of hydrogen-bond acceptors (Lipinski definition) is 4. The minimum absolute atomic E-state index is 0.0274. The second-order valence-electron chi connectivity index (χ2n) is 10.5. The summed E-state index contributed by atoms with van der Waals surface area (Å²) < 4.78 is 26.2. The summed E-state index contributed by atoms with van der Waals surface area (Å²) in [5.74, 6) is -0.530. The van der Waals surface area contributed by atoms with Crippen LogP contribution in [0.4, 0.5) is 5.69 Å². The largest absolute Gasteiger partial charge is 0.347 e. The van der Waals surface area contributed by atoms with Crippen LogP contribution < -0.4 is 10.6 Å². The van der Waals surface area contributed by atoms with E-state index in [-0.39, 0.29) is 32.6 Å². The van der Waals surface area contributed by atoms with E-state index in [1.54, 1.807) is 48.5 Å². The third kappa shape index (κ3) is 6.51. The van der Waals surface area contributed by atoms with Crippen molar-refractivity contribution in [2.45, 2.75) is 81.5 Å². The predicted molar refractivity (Wildman–Crippen MR) is 153 cm³/mol. The van der Waals surface area contributed by atoms with Gasteiger partial charge in [0.05, 0.1) is 9.79 Å². The molecule has 3 aromatic rings. The zero-order chi connectivity index (χ0) is 28.1. The molecular formula is C31H38N2O4S. The maximum Gasteiger partial charge on any atom is 0.255 e. The fourth-order valence-corrected chi connectivity index (χ4v) is 5.15. The maximum absolute atomic E-state index is 13.1. The van der Waals surface area contributed by atoms with Gasteiger partial charge in [-0.25, -0.2) is 8.42 Å². The van der Waals surface area contributed by atoms with E-state index in [0.29, 0.717) is 16.8 Å². The summed E-state index contributed by atoms with van der Waals surface area (Å²) in [4.78, 5) is 25.7. The average Bonchev–Trinajstić information content (AvgIpc) is 2.93. The molecule has 0 fully saturated rings. The Morgan fingerprint density at radius 1 is 0.658 bits per heavy atom. The van der Waals surface area contributed by atoms with E-state index in [1.165, 1.54) is 12.1 Å². The molecule has 2 N–H and O–H groups in total. The van der Waals surface area contributed by atoms with Crippen molar-refractivity contribution in [2.24, 2.45) is 0 Å². The van der Waals surface area contributed by atoms with Crippen LogP contribution in [0.5, 0.6) is 0 Å². The lowest BCUT2D eigenvalue weighted by Crippen LogP contribution is -2.44. The molecule has 0 saturated carbocycles. The second kappa shape index (κ2) is 11.5. The lowest BCUT2D eigenvalue weighted by molar-refractivity contribution is 0.0900. The van der Waals surface area contributed by atoms with Crippen LogP contribution in [0.3, 0.4) is 0 Å². The molecule has 7 heteroatoms. The highest BCUT2D eigenvalue weighted by Gasteiger charge is 2.23. The lowest BCUT2D eigenvalue weighted by atomic mass is 9.82. The fourth-order valence-electron chi connectivity index (χ4n) is 3.89. The van der Waals surface area contributed by atoms with Gasteiger partial charge >= 0.3 is 0 Å². The highest BCUT2D eigenvalue weighted by Crippen LogP contribution is 2.29. The minimum Gasteiger partial charge on any atom is -0.347 e. The molecule has 0 aliphatic rings. The lowest BCUT2D eigenvalue weighted by Gasteiger charge is -2.28. The number of carbonyl (C=O) groups is 2. The molecular weight excluding hydrogens is 496 g/mol. The summed E-state index contributed by atoms with van der Waals surface area (Å²) in [5.41, 5.74) is 2.13. The Kier molecular flexibility index (Phi) is 8.82. The van der Waals surface area contributed by atoms with Gasteiger partial charge in [-0.2, -0.15) is 0 Å². The molecule has 0 aliphatic heterocycles. The molecule has 6 nitrogen and oxygen atoms in total. The molecule has 0 aliphatic carbocycles. The summed E-state index contributed by atoms with van der Waals surface area (Å²) >= 11 is 0. The Balaban J connectivity index is 1.68. The standard InChI is InChI=1S/C31H38N2O4S/c1-7-30(4,5)24-14-18-26(19-15-24)38(36,37)27-20-16-25(17-21-27)32-28(34)22-10-12-23(13-11-22)29(35)33-31(6,8-2)9-3/h10-21H,7-9H2,1-6H3,(H,32,34)(H,33,35). The molecule has 0 atom stereocenters. The number of anilines is 1. The van der Waals surface area contributed by atoms with Crippen molar-refractivity contribution < 1.29 is 18.0 Å². The van der Waals surface area contributed by atoms with Crippen LogP contribution in [0.1, 0.15) is 87.1 Å². The molecule has 2 amide bonds. The van der Waals surface area contributed by atoms with Crippen LogP contribution in [-0.4, -0.2) is 25.8 Å². The SMILES string of the molecule is CCC(C)(CC)NC(=O)c1ccc(C(=O)Nc2ccc(S(=O)(=O)c3ccc(C(C)(C)CC)cc3)cc2)cc1. The van der Waals surface area contributed by atoms with Gasteiger partial charge in [-0.3, -0.25) is 9.59 Å². The average molecular weight is 535 g/mol. The first-order valence-electron chi connectivity index (χ1n) is 13.0. The van der Waals surface area contributed by atoms with E-state index < -0.39 is 9.84 Å². The number of amides is 2. The molecule has 0 bridgehead atoms. The summed E-state index contributed by atoms with van der Waals surface area (Å²) in [7, 11) is -3.69. The zero-order valence-electron chi connectivity index (χ0n) is 23.1. The third-order valence-electron chi connectivity index (χ3n) is 7.64. The molecule has 0 spiro atoms. The van der Waals surface area contributed by atoms with E-state index in [2.05, 4.69) is 31.4 Å². The highest BCUT2D eigenvalue weighted by atomic mass is 32.2. The van der Waals surface area contributed by atoms with Gasteiger partial charge in [0.2, 0.25) is 9.84 Å². The quantitative estimate of drug-likeness (QED) is 0.300. The molecule has 38 heavy (non-hydrogen) atoms. The normalized spacial score (nSPS) is 12.2. The first kappa shape index (κ1) is 29.1. The van der Waals surface area contributed by atoms with Crippen molar-refractivity contribution >= 4 is 27.3 Å². The van der Waals surface area contributed by atoms with E-state index in [4.69, 9.17) is 0 Å². The summed E-state index contributed by atoms with van der Waals surface area (Å²) in [6.45, 7) is 12.4. The summed E-state index contributed by atoms with van der Waals surface area (Å²) in [6.07, 6.45) is 2.59. The van der Waals surface area contributed by atoms with Gasteiger partial charge < -0.3 is 10.6 Å². The Labute approximate surface area is 226 Å². The van der Waals surface area contributed by atoms with Gasteiger partial charge in [-0.1, -0.05) is 46.8 Å². The van der Waals surface area contributed by atoms with Crippen LogP contribution in [0, 0.1) is 0 Å². The monoisotopic (exact) mass is 534 g/mol. The number of sulfone groups is 1. The molecule has 0 aromatic heterocycles. The number of hydrogen-bond donors (Lipinski definition) is 2. The molecule has 0 saturated heterocycles. The van der Waals surface area contributed by atoms with Gasteiger partial charge in [-0.05, 0) is 97.8 Å². The van der Waals surface area contributed by atoms with Gasteiger partial charge in [0.25, 0.3) is 11.8 Å². The van der Waals surface area contributed by atoms with Crippen LogP contribution in [0.15, 0.2) is 82.6 Å². The van der Waals surface area contributed by atoms with Gasteiger partial charge in [0.1, 0.15) is 0 Å². The molecule has 3 rings (SSSR count). The molecule has 0 radical (unpaired) electrons. The fraction of sp³-hybridized carbons (Fsp3) is 0.355. The molecule has 0 unspecified atom stereocenters. The van der Waals surface area contributed by atoms with Gasteiger partial charge in [0, 0.05) is 22.4 Å². The van der Waals surface area contributed by atoms with Crippen LogP contribution in [0.2, 0.25) is 0 Å². The van der Waals surface area contributed by atoms with Gasteiger partial charge in [-0.15, -0.1) is 0 Å². The number of carbonyl (C=O) groups excluding carboxylic acids is 2. The Bertz CT molecular complexity index is 1370. The van der Waals surface area contributed by atoms with E-state index in [0.717, 1.165) is 24.8 Å². The maximum atomic E-state index is 13.1. The summed E-state index contributed by atoms with van der Waals surface area (Å²) in [5, 5.41) is 5.83. The van der Waals surface area contributed by atoms with Crippen molar-refractivity contribution in [1.82, 2.24) is 5.32 Å². The van der Waals surface area contributed by atoms with Crippen molar-refractivity contribution in [3.05, 3.63) is 89.5 Å². The van der Waals surface area contributed by atoms with Crippen LogP contribution in [-0.2, 0) is 15.3 Å². The molecule has 0 heterocycles. The Hall–Kier alpha value is -3.45.